The number of aliphatic hydroxyl groups is 5. The monoisotopic (exact) mass is 567 g/mol. The average Bonchev–Trinajstić information content (AvgIpc) is 2.84. The molecule has 6 N–H and O–H groups in total. The standard InChI is InChI=1S/C21H20F3NO10S2/c22-21(23,24)35-13-5-7-14(8-6-13)37(33,34)25-12-3-1-11(2-4-12)16(28)10-36-20(32)19(31)18(30)17(29)15(27)9-26/h1-8,15,17,25-27,29-31H,9-10H2/b19-18+. The molecule has 11 nitrogen and oxygen atoms in total. The molecule has 0 spiro atoms. The quantitative estimate of drug-likeness (QED) is 0.132. The van der Waals surface area contributed by atoms with Gasteiger partial charge in [0.2, 0.25) is 5.76 Å². The van der Waals surface area contributed by atoms with Gasteiger partial charge in [0.25, 0.3) is 15.1 Å². The van der Waals surface area contributed by atoms with Crippen LogP contribution >= 0.6 is 11.8 Å². The van der Waals surface area contributed by atoms with Crippen LogP contribution in [-0.2, 0) is 14.8 Å². The van der Waals surface area contributed by atoms with Crippen LogP contribution in [-0.4, -0.2) is 75.8 Å². The van der Waals surface area contributed by atoms with Gasteiger partial charge in [-0.15, -0.1) is 13.2 Å². The molecular weight excluding hydrogens is 547 g/mol. The fourth-order valence-corrected chi connectivity index (χ4v) is 4.30. The van der Waals surface area contributed by atoms with Crippen LogP contribution in [0.5, 0.6) is 5.75 Å². The molecule has 2 aromatic carbocycles. The summed E-state index contributed by atoms with van der Waals surface area (Å²) in [5.74, 6) is -4.36. The van der Waals surface area contributed by atoms with Gasteiger partial charge in [-0.25, -0.2) is 8.42 Å². The molecule has 0 aliphatic rings. The van der Waals surface area contributed by atoms with Gasteiger partial charge in [0.1, 0.15) is 18.0 Å². The van der Waals surface area contributed by atoms with Crippen molar-refractivity contribution in [2.45, 2.75) is 23.5 Å². The maximum atomic E-state index is 12.4. The molecule has 0 saturated carbocycles. The van der Waals surface area contributed by atoms with Crippen LogP contribution in [0.2, 0.25) is 0 Å². The number of halogens is 3. The molecule has 0 amide bonds. The second-order valence-electron chi connectivity index (χ2n) is 7.13. The van der Waals surface area contributed by atoms with Crippen LogP contribution in [0.25, 0.3) is 0 Å². The van der Waals surface area contributed by atoms with Gasteiger partial charge in [0.05, 0.1) is 17.3 Å². The summed E-state index contributed by atoms with van der Waals surface area (Å²) in [5.41, 5.74) is 0.0538. The molecule has 0 saturated heterocycles. The van der Waals surface area contributed by atoms with Gasteiger partial charge in [-0.05, 0) is 48.5 Å². The Morgan fingerprint density at radius 3 is 2.08 bits per heavy atom. The number of thioether (sulfide) groups is 1. The van der Waals surface area contributed by atoms with Crippen molar-refractivity contribution in [2.75, 3.05) is 17.1 Å². The summed E-state index contributed by atoms with van der Waals surface area (Å²) >= 11 is 0.265. The van der Waals surface area contributed by atoms with Gasteiger partial charge in [0.15, 0.2) is 11.5 Å². The number of alkyl halides is 3. The van der Waals surface area contributed by atoms with Crippen molar-refractivity contribution >= 4 is 38.4 Å². The van der Waals surface area contributed by atoms with Gasteiger partial charge >= 0.3 is 6.36 Å². The van der Waals surface area contributed by atoms with Gasteiger partial charge < -0.3 is 30.3 Å². The summed E-state index contributed by atoms with van der Waals surface area (Å²) in [5, 5.41) is 45.5. The minimum Gasteiger partial charge on any atom is -0.506 e. The van der Waals surface area contributed by atoms with Crippen molar-refractivity contribution in [1.82, 2.24) is 0 Å². The fraction of sp³-hybridized carbons (Fsp3) is 0.238. The molecule has 2 unspecified atom stereocenters. The highest BCUT2D eigenvalue weighted by molar-refractivity contribution is 8.14. The molecule has 0 fully saturated rings. The van der Waals surface area contributed by atoms with Crippen LogP contribution in [0.4, 0.5) is 18.9 Å². The molecule has 0 bridgehead atoms. The number of Topliss-reactive ketones (excluding diaryl/α,β-unsaturated/α-hetero) is 1. The zero-order valence-corrected chi connectivity index (χ0v) is 20.0. The number of hydrogen-bond donors (Lipinski definition) is 6. The third-order valence-electron chi connectivity index (χ3n) is 4.43. The minimum atomic E-state index is -4.94. The van der Waals surface area contributed by atoms with Crippen LogP contribution in [0.15, 0.2) is 64.9 Å². The zero-order valence-electron chi connectivity index (χ0n) is 18.4. The van der Waals surface area contributed by atoms with Crippen LogP contribution in [0.1, 0.15) is 10.4 Å². The Bertz CT molecular complexity index is 1250. The van der Waals surface area contributed by atoms with E-state index in [9.17, 15) is 51.6 Å². The van der Waals surface area contributed by atoms with Crippen molar-refractivity contribution in [1.29, 1.82) is 0 Å². The van der Waals surface area contributed by atoms with Gasteiger partial charge in [-0.2, -0.15) is 0 Å². The molecule has 0 aliphatic carbocycles. The summed E-state index contributed by atoms with van der Waals surface area (Å²) in [6, 6.07) is 8.33. The van der Waals surface area contributed by atoms with E-state index >= 15 is 0 Å². The summed E-state index contributed by atoms with van der Waals surface area (Å²) in [4.78, 5) is 23.9. The number of ketones is 1. The fourth-order valence-electron chi connectivity index (χ4n) is 2.57. The minimum absolute atomic E-state index is 0.0119. The van der Waals surface area contributed by atoms with E-state index in [1.165, 1.54) is 24.3 Å². The van der Waals surface area contributed by atoms with Crippen molar-refractivity contribution in [3.63, 3.8) is 0 Å². The third-order valence-corrected chi connectivity index (χ3v) is 6.69. The van der Waals surface area contributed by atoms with Gasteiger partial charge in [-0.3, -0.25) is 14.3 Å². The van der Waals surface area contributed by atoms with E-state index in [1.54, 1.807) is 0 Å². The molecule has 202 valence electrons. The molecule has 0 heterocycles. The second kappa shape index (κ2) is 12.3. The lowest BCUT2D eigenvalue weighted by Gasteiger charge is -2.15. The summed E-state index contributed by atoms with van der Waals surface area (Å²) in [6.07, 6.45) is -8.93. The topological polar surface area (TPSA) is 191 Å². The highest BCUT2D eigenvalue weighted by Gasteiger charge is 2.31. The number of anilines is 1. The number of rotatable bonds is 11. The Kier molecular flexibility index (Phi) is 9.93. The average molecular weight is 568 g/mol. The Labute approximate surface area is 211 Å². The van der Waals surface area contributed by atoms with Crippen molar-refractivity contribution < 1.29 is 61.4 Å². The lowest BCUT2D eigenvalue weighted by molar-refractivity contribution is -0.274. The summed E-state index contributed by atoms with van der Waals surface area (Å²) < 4.78 is 67.4. The van der Waals surface area contributed by atoms with Crippen LogP contribution in [0, 0.1) is 0 Å². The zero-order chi connectivity index (χ0) is 28.0. The Morgan fingerprint density at radius 2 is 1.57 bits per heavy atom. The molecule has 0 aromatic heterocycles. The first-order valence-electron chi connectivity index (χ1n) is 9.92. The predicted octanol–water partition coefficient (Wildman–Crippen LogP) is 1.87. The van der Waals surface area contributed by atoms with E-state index in [1.807, 2.05) is 0 Å². The first kappa shape index (κ1) is 29.9. The number of carbonyl (C=O) groups is 2. The van der Waals surface area contributed by atoms with Crippen LogP contribution < -0.4 is 9.46 Å². The Hall–Kier alpha value is -3.31. The molecule has 2 rings (SSSR count). The van der Waals surface area contributed by atoms with E-state index in [0.29, 0.717) is 0 Å². The van der Waals surface area contributed by atoms with Crippen molar-refractivity contribution in [3.05, 3.63) is 65.6 Å². The van der Waals surface area contributed by atoms with E-state index in [2.05, 4.69) is 9.46 Å². The van der Waals surface area contributed by atoms with Gasteiger partial charge in [0, 0.05) is 11.3 Å². The highest BCUT2D eigenvalue weighted by Crippen LogP contribution is 2.25. The van der Waals surface area contributed by atoms with E-state index < -0.39 is 69.1 Å². The number of nitrogens with one attached hydrogen (secondary N) is 1. The molecule has 16 heteroatoms. The number of aliphatic hydroxyl groups excluding tert-OH is 5. The SMILES string of the molecule is O=C(SCC(=O)c1ccc(NS(=O)(=O)c2ccc(OC(F)(F)F)cc2)cc1)/C(O)=C(\O)C(O)C(O)CO. The van der Waals surface area contributed by atoms with Crippen LogP contribution in [0.3, 0.4) is 0 Å². The molecule has 37 heavy (non-hydrogen) atoms. The maximum absolute atomic E-state index is 12.4. The third kappa shape index (κ3) is 8.64. The van der Waals surface area contributed by atoms with Crippen molar-refractivity contribution in [3.8, 4) is 5.75 Å². The maximum Gasteiger partial charge on any atom is 0.573 e. The van der Waals surface area contributed by atoms with E-state index in [4.69, 9.17) is 5.11 Å². The number of benzene rings is 2. The van der Waals surface area contributed by atoms with E-state index in [-0.39, 0.29) is 27.9 Å². The number of carbonyl (C=O) groups excluding carboxylic acids is 2. The molecule has 2 atom stereocenters. The van der Waals surface area contributed by atoms with Crippen molar-refractivity contribution in [2.24, 2.45) is 0 Å². The predicted molar refractivity (Wildman–Crippen MR) is 124 cm³/mol. The lowest BCUT2D eigenvalue weighted by atomic mass is 10.1. The smallest absolute Gasteiger partial charge is 0.506 e. The first-order valence-corrected chi connectivity index (χ1v) is 12.4. The molecule has 0 radical (unpaired) electrons. The molecule has 0 aliphatic heterocycles. The highest BCUT2D eigenvalue weighted by atomic mass is 32.2. The second-order valence-corrected chi connectivity index (χ2v) is 9.76. The Balaban J connectivity index is 2.00. The largest absolute Gasteiger partial charge is 0.573 e. The Morgan fingerprint density at radius 1 is 1.00 bits per heavy atom. The number of hydrogen-bond acceptors (Lipinski definition) is 11. The van der Waals surface area contributed by atoms with Gasteiger partial charge in [-0.1, -0.05) is 11.8 Å². The summed E-state index contributed by atoms with van der Waals surface area (Å²) in [7, 11) is -4.19. The number of sulfonamides is 1. The first-order chi connectivity index (χ1) is 17.1. The molecule has 2 aromatic rings. The normalized spacial score (nSPS) is 14.3. The number of ether oxygens (including phenoxy) is 1. The molecular formula is C21H20F3NO10S2. The lowest BCUT2D eigenvalue weighted by Crippen LogP contribution is -2.32. The summed E-state index contributed by atoms with van der Waals surface area (Å²) in [6.45, 7) is -0.965. The van der Waals surface area contributed by atoms with E-state index in [0.717, 1.165) is 24.3 Å².